The van der Waals surface area contributed by atoms with Gasteiger partial charge >= 0.3 is 0 Å². The molecule has 1 aliphatic heterocycles. The summed E-state index contributed by atoms with van der Waals surface area (Å²) < 4.78 is 5.50. The van der Waals surface area contributed by atoms with Crippen molar-refractivity contribution < 1.29 is 9.53 Å². The summed E-state index contributed by atoms with van der Waals surface area (Å²) in [6, 6.07) is 7.73. The van der Waals surface area contributed by atoms with E-state index in [1.165, 1.54) is 0 Å². The fraction of sp³-hybridized carbons (Fsp3) is 0.562. The van der Waals surface area contributed by atoms with Gasteiger partial charge in [0.1, 0.15) is 0 Å². The number of amides is 1. The zero-order valence-corrected chi connectivity index (χ0v) is 12.3. The normalized spacial score (nSPS) is 23.5. The first-order valence-electron chi connectivity index (χ1n) is 7.30. The molecule has 1 heterocycles. The van der Waals surface area contributed by atoms with Gasteiger partial charge in [-0.2, -0.15) is 0 Å². The highest BCUT2D eigenvalue weighted by molar-refractivity contribution is 5.76. The fourth-order valence-electron chi connectivity index (χ4n) is 2.58. The van der Waals surface area contributed by atoms with E-state index < -0.39 is 0 Å². The summed E-state index contributed by atoms with van der Waals surface area (Å²) in [7, 11) is 0. The summed E-state index contributed by atoms with van der Waals surface area (Å²) in [6.45, 7) is 5.66. The zero-order chi connectivity index (χ0) is 14.5. The third-order valence-electron chi connectivity index (χ3n) is 4.09. The quantitative estimate of drug-likeness (QED) is 0.811. The highest BCUT2D eigenvalue weighted by Crippen LogP contribution is 2.21. The Morgan fingerprint density at radius 1 is 1.45 bits per heavy atom. The molecule has 1 aliphatic rings. The van der Waals surface area contributed by atoms with Gasteiger partial charge in [-0.25, -0.2) is 0 Å². The van der Waals surface area contributed by atoms with Crippen molar-refractivity contribution in [2.24, 2.45) is 5.92 Å². The van der Waals surface area contributed by atoms with Crippen LogP contribution in [0.2, 0.25) is 0 Å². The Morgan fingerprint density at radius 3 is 2.75 bits per heavy atom. The number of carbonyl (C=O) groups is 1. The maximum absolute atomic E-state index is 12.0. The lowest BCUT2D eigenvalue weighted by molar-refractivity contribution is -0.121. The summed E-state index contributed by atoms with van der Waals surface area (Å²) in [4.78, 5) is 12.0. The van der Waals surface area contributed by atoms with E-state index in [4.69, 9.17) is 10.5 Å². The number of rotatable bonds is 5. The van der Waals surface area contributed by atoms with Crippen molar-refractivity contribution in [1.29, 1.82) is 0 Å². The molecule has 1 aromatic carbocycles. The van der Waals surface area contributed by atoms with Gasteiger partial charge in [-0.15, -0.1) is 0 Å². The average molecular weight is 276 g/mol. The molecule has 0 spiro atoms. The summed E-state index contributed by atoms with van der Waals surface area (Å²) in [6.07, 6.45) is 1.80. The number of anilines is 1. The summed E-state index contributed by atoms with van der Waals surface area (Å²) in [5, 5.41) is 3.02. The van der Waals surface area contributed by atoms with Crippen LogP contribution in [0.4, 0.5) is 5.69 Å². The van der Waals surface area contributed by atoms with Crippen molar-refractivity contribution in [3.63, 3.8) is 0 Å². The Labute approximate surface area is 120 Å². The molecule has 0 radical (unpaired) electrons. The van der Waals surface area contributed by atoms with Crippen LogP contribution in [0.3, 0.4) is 0 Å². The van der Waals surface area contributed by atoms with Gasteiger partial charge in [0.15, 0.2) is 0 Å². The predicted octanol–water partition coefficient (Wildman–Crippen LogP) is 2.30. The predicted molar refractivity (Wildman–Crippen MR) is 80.4 cm³/mol. The monoisotopic (exact) mass is 276 g/mol. The lowest BCUT2D eigenvalue weighted by atomic mass is 9.97. The van der Waals surface area contributed by atoms with Crippen LogP contribution in [0, 0.1) is 5.92 Å². The number of carbonyl (C=O) groups excluding carboxylic acids is 1. The van der Waals surface area contributed by atoms with Crippen molar-refractivity contribution in [1.82, 2.24) is 5.32 Å². The van der Waals surface area contributed by atoms with E-state index in [2.05, 4.69) is 19.2 Å². The van der Waals surface area contributed by atoms with Crippen molar-refractivity contribution in [2.45, 2.75) is 38.7 Å². The number of nitrogen functional groups attached to an aromatic ring is 1. The molecule has 3 unspecified atom stereocenters. The number of hydrogen-bond acceptors (Lipinski definition) is 3. The van der Waals surface area contributed by atoms with Gasteiger partial charge in [-0.05, 0) is 37.0 Å². The van der Waals surface area contributed by atoms with Crippen LogP contribution in [0.1, 0.15) is 38.2 Å². The van der Waals surface area contributed by atoms with Gasteiger partial charge in [0, 0.05) is 31.2 Å². The third kappa shape index (κ3) is 3.97. The van der Waals surface area contributed by atoms with E-state index >= 15 is 0 Å². The molecule has 1 fully saturated rings. The van der Waals surface area contributed by atoms with Crippen molar-refractivity contribution >= 4 is 11.6 Å². The molecule has 1 aromatic rings. The van der Waals surface area contributed by atoms with Gasteiger partial charge in [0.25, 0.3) is 0 Å². The number of nitrogens with two attached hydrogens (primary N) is 1. The molecule has 4 heteroatoms. The molecule has 1 saturated heterocycles. The molecule has 0 aromatic heterocycles. The van der Waals surface area contributed by atoms with Crippen LogP contribution in [0.25, 0.3) is 0 Å². The first-order chi connectivity index (χ1) is 9.56. The van der Waals surface area contributed by atoms with E-state index in [0.29, 0.717) is 18.9 Å². The van der Waals surface area contributed by atoms with Crippen molar-refractivity contribution in [3.8, 4) is 0 Å². The second-order valence-corrected chi connectivity index (χ2v) is 5.70. The Hall–Kier alpha value is -1.55. The van der Waals surface area contributed by atoms with Crippen molar-refractivity contribution in [2.75, 3.05) is 18.9 Å². The van der Waals surface area contributed by atoms with Crippen LogP contribution in [-0.2, 0) is 9.53 Å². The highest BCUT2D eigenvalue weighted by Gasteiger charge is 2.24. The molecule has 4 nitrogen and oxygen atoms in total. The van der Waals surface area contributed by atoms with Crippen molar-refractivity contribution in [3.05, 3.63) is 29.8 Å². The molecule has 2 rings (SSSR count). The molecular formula is C16H24N2O2. The number of ether oxygens (including phenoxy) is 1. The molecule has 0 saturated carbocycles. The highest BCUT2D eigenvalue weighted by atomic mass is 16.5. The second-order valence-electron chi connectivity index (χ2n) is 5.70. The first kappa shape index (κ1) is 14.9. The van der Waals surface area contributed by atoms with E-state index in [0.717, 1.165) is 24.3 Å². The minimum Gasteiger partial charge on any atom is -0.399 e. The summed E-state index contributed by atoms with van der Waals surface area (Å²) in [5.74, 6) is 0.757. The van der Waals surface area contributed by atoms with Gasteiger partial charge in [-0.1, -0.05) is 19.1 Å². The molecule has 0 bridgehead atoms. The van der Waals surface area contributed by atoms with Crippen LogP contribution in [0.15, 0.2) is 24.3 Å². The van der Waals surface area contributed by atoms with E-state index in [-0.39, 0.29) is 17.9 Å². The Morgan fingerprint density at radius 2 is 2.15 bits per heavy atom. The van der Waals surface area contributed by atoms with Gasteiger partial charge < -0.3 is 15.8 Å². The molecule has 3 atom stereocenters. The smallest absolute Gasteiger partial charge is 0.220 e. The lowest BCUT2D eigenvalue weighted by Gasteiger charge is -2.16. The maximum atomic E-state index is 12.0. The Bertz CT molecular complexity index is 444. The maximum Gasteiger partial charge on any atom is 0.220 e. The summed E-state index contributed by atoms with van der Waals surface area (Å²) in [5.41, 5.74) is 7.56. The first-order valence-corrected chi connectivity index (χ1v) is 7.30. The van der Waals surface area contributed by atoms with Crippen LogP contribution in [0.5, 0.6) is 0 Å². The zero-order valence-electron chi connectivity index (χ0n) is 12.3. The fourth-order valence-corrected chi connectivity index (χ4v) is 2.58. The molecule has 0 aliphatic carbocycles. The minimum absolute atomic E-state index is 0.105. The molecule has 1 amide bonds. The van der Waals surface area contributed by atoms with Crippen LogP contribution in [-0.4, -0.2) is 25.2 Å². The Kier molecular flexibility index (Phi) is 5.01. The van der Waals surface area contributed by atoms with E-state index in [1.54, 1.807) is 0 Å². The van der Waals surface area contributed by atoms with Gasteiger partial charge in [-0.3, -0.25) is 4.79 Å². The van der Waals surface area contributed by atoms with E-state index in [9.17, 15) is 4.79 Å². The molecular weight excluding hydrogens is 252 g/mol. The summed E-state index contributed by atoms with van der Waals surface area (Å²) >= 11 is 0. The largest absolute Gasteiger partial charge is 0.399 e. The van der Waals surface area contributed by atoms with Crippen LogP contribution >= 0.6 is 0 Å². The number of benzene rings is 1. The topological polar surface area (TPSA) is 64.3 Å². The Balaban J connectivity index is 1.77. The number of nitrogens with one attached hydrogen (secondary N) is 1. The van der Waals surface area contributed by atoms with E-state index in [1.807, 2.05) is 24.3 Å². The average Bonchev–Trinajstić information content (AvgIpc) is 2.82. The van der Waals surface area contributed by atoms with Gasteiger partial charge in [0.2, 0.25) is 5.91 Å². The standard InChI is InChI=1S/C16H24N2O2/c1-11(13-3-5-15(17)6-4-13)9-16(19)18-10-14-7-8-20-12(14)2/h3-6,11-12,14H,7-10,17H2,1-2H3,(H,18,19). The molecule has 20 heavy (non-hydrogen) atoms. The number of hydrogen-bond donors (Lipinski definition) is 2. The SMILES string of the molecule is CC(CC(=O)NCC1CCOC1C)c1ccc(N)cc1. The molecule has 110 valence electrons. The van der Waals surface area contributed by atoms with Gasteiger partial charge in [0.05, 0.1) is 6.10 Å². The third-order valence-corrected chi connectivity index (χ3v) is 4.09. The molecule has 3 N–H and O–H groups in total. The lowest BCUT2D eigenvalue weighted by Crippen LogP contribution is -2.32. The van der Waals surface area contributed by atoms with Crippen LogP contribution < -0.4 is 11.1 Å². The minimum atomic E-state index is 0.105. The second kappa shape index (κ2) is 6.75.